The lowest BCUT2D eigenvalue weighted by Crippen LogP contribution is -2.31. The van der Waals surface area contributed by atoms with Gasteiger partial charge in [0.2, 0.25) is 0 Å². The molecule has 4 nitrogen and oxygen atoms in total. The van der Waals surface area contributed by atoms with E-state index < -0.39 is 0 Å². The second-order valence-corrected chi connectivity index (χ2v) is 7.98. The molecule has 3 aromatic rings. The van der Waals surface area contributed by atoms with Gasteiger partial charge in [0.25, 0.3) is 5.91 Å². The Morgan fingerprint density at radius 3 is 2.61 bits per heavy atom. The summed E-state index contributed by atoms with van der Waals surface area (Å²) in [5.74, 6) is 1.90. The third-order valence-electron chi connectivity index (χ3n) is 4.93. The lowest BCUT2D eigenvalue weighted by atomic mass is 10.1. The van der Waals surface area contributed by atoms with E-state index in [1.54, 1.807) is 11.8 Å². The number of carbonyl (C=O) groups excluding carboxylic acids is 1. The first kappa shape index (κ1) is 20.5. The van der Waals surface area contributed by atoms with Gasteiger partial charge in [0, 0.05) is 12.1 Å². The van der Waals surface area contributed by atoms with E-state index in [1.807, 2.05) is 36.4 Å². The van der Waals surface area contributed by atoms with Gasteiger partial charge in [-0.1, -0.05) is 50.1 Å². The van der Waals surface area contributed by atoms with Crippen LogP contribution >= 0.6 is 11.8 Å². The van der Waals surface area contributed by atoms with Crippen molar-refractivity contribution in [3.63, 3.8) is 0 Å². The number of hydrogen-bond acceptors (Lipinski definition) is 3. The Morgan fingerprint density at radius 2 is 1.86 bits per heavy atom. The Kier molecular flexibility index (Phi) is 7.54. The van der Waals surface area contributed by atoms with Crippen molar-refractivity contribution in [1.82, 2.24) is 14.9 Å². The van der Waals surface area contributed by atoms with Gasteiger partial charge < -0.3 is 9.88 Å². The fourth-order valence-electron chi connectivity index (χ4n) is 3.45. The minimum atomic E-state index is -0.103. The molecule has 148 valence electrons. The Labute approximate surface area is 171 Å². The minimum Gasteiger partial charge on any atom is -0.342 e. The third-order valence-corrected chi connectivity index (χ3v) is 5.58. The number of benzene rings is 2. The number of thioether (sulfide) groups is 1. The SMILES string of the molecule is CCCCCn1c([C@H](CCSC)NC(=O)c2ccccc2)nc2ccccc21. The zero-order chi connectivity index (χ0) is 19.8. The van der Waals surface area contributed by atoms with Gasteiger partial charge in [-0.3, -0.25) is 4.79 Å². The van der Waals surface area contributed by atoms with E-state index in [-0.39, 0.29) is 11.9 Å². The van der Waals surface area contributed by atoms with E-state index in [1.165, 1.54) is 12.8 Å². The number of aryl methyl sites for hydroxylation is 1. The average Bonchev–Trinajstić information content (AvgIpc) is 3.10. The standard InChI is InChI=1S/C23H29N3OS/c1-3-4-10-16-26-21-14-9-8-13-19(21)24-22(26)20(15-17-28-2)25-23(27)18-11-6-5-7-12-18/h5-9,11-14,20H,3-4,10,15-17H2,1-2H3,(H,25,27)/t20-/m0/s1. The number of imidazole rings is 1. The fourth-order valence-corrected chi connectivity index (χ4v) is 3.92. The highest BCUT2D eigenvalue weighted by Gasteiger charge is 2.22. The largest absolute Gasteiger partial charge is 0.342 e. The molecule has 0 saturated carbocycles. The summed E-state index contributed by atoms with van der Waals surface area (Å²) in [5, 5.41) is 3.24. The highest BCUT2D eigenvalue weighted by Crippen LogP contribution is 2.25. The molecule has 5 heteroatoms. The van der Waals surface area contributed by atoms with Crippen LogP contribution in [0.25, 0.3) is 11.0 Å². The Hall–Kier alpha value is -2.27. The first-order valence-corrected chi connectivity index (χ1v) is 11.4. The van der Waals surface area contributed by atoms with E-state index in [4.69, 9.17) is 4.98 Å². The first-order valence-electron chi connectivity index (χ1n) is 10.0. The molecule has 0 aliphatic rings. The second-order valence-electron chi connectivity index (χ2n) is 6.99. The van der Waals surface area contributed by atoms with E-state index in [0.717, 1.165) is 42.0 Å². The quantitative estimate of drug-likeness (QED) is 0.464. The van der Waals surface area contributed by atoms with Crippen LogP contribution in [0.2, 0.25) is 0 Å². The highest BCUT2D eigenvalue weighted by molar-refractivity contribution is 7.98. The molecule has 0 radical (unpaired) electrons. The molecule has 1 amide bonds. The lowest BCUT2D eigenvalue weighted by Gasteiger charge is -2.20. The predicted octanol–water partition coefficient (Wildman–Crippen LogP) is 5.45. The van der Waals surface area contributed by atoms with Crippen molar-refractivity contribution in [1.29, 1.82) is 0 Å². The summed E-state index contributed by atoms with van der Waals surface area (Å²) in [6.45, 7) is 3.15. The number of fused-ring (bicyclic) bond motifs is 1. The summed E-state index contributed by atoms with van der Waals surface area (Å²) in [5.41, 5.74) is 2.83. The van der Waals surface area contributed by atoms with Crippen LogP contribution in [0.4, 0.5) is 0 Å². The number of aromatic nitrogens is 2. The van der Waals surface area contributed by atoms with Crippen LogP contribution in [0.3, 0.4) is 0 Å². The van der Waals surface area contributed by atoms with Crippen molar-refractivity contribution in [2.24, 2.45) is 0 Å². The number of unbranched alkanes of at least 4 members (excludes halogenated alkanes) is 2. The normalized spacial score (nSPS) is 12.2. The molecule has 28 heavy (non-hydrogen) atoms. The van der Waals surface area contributed by atoms with Gasteiger partial charge in [-0.15, -0.1) is 0 Å². The number of nitrogens with one attached hydrogen (secondary N) is 1. The van der Waals surface area contributed by atoms with Gasteiger partial charge in [-0.05, 0) is 49.1 Å². The van der Waals surface area contributed by atoms with Gasteiger partial charge in [-0.25, -0.2) is 4.98 Å². The molecule has 0 aliphatic heterocycles. The molecule has 0 fully saturated rings. The van der Waals surface area contributed by atoms with Crippen molar-refractivity contribution in [2.75, 3.05) is 12.0 Å². The molecule has 0 bridgehead atoms. The molecule has 2 aromatic carbocycles. The summed E-state index contributed by atoms with van der Waals surface area (Å²) >= 11 is 1.79. The fraction of sp³-hybridized carbons (Fsp3) is 0.391. The minimum absolute atomic E-state index is 0.0427. The molecular formula is C23H29N3OS. The molecule has 3 rings (SSSR count). The van der Waals surface area contributed by atoms with Gasteiger partial charge in [-0.2, -0.15) is 11.8 Å². The first-order chi connectivity index (χ1) is 13.7. The Bertz CT molecular complexity index is 891. The maximum atomic E-state index is 12.8. The molecular weight excluding hydrogens is 366 g/mol. The number of para-hydroxylation sites is 2. The van der Waals surface area contributed by atoms with Gasteiger partial charge in [0.1, 0.15) is 5.82 Å². The van der Waals surface area contributed by atoms with Gasteiger partial charge in [0.15, 0.2) is 0 Å². The molecule has 1 atom stereocenters. The molecule has 1 N–H and O–H groups in total. The maximum absolute atomic E-state index is 12.8. The summed E-state index contributed by atoms with van der Waals surface area (Å²) in [7, 11) is 0. The van der Waals surface area contributed by atoms with Crippen molar-refractivity contribution in [3.05, 3.63) is 66.0 Å². The molecule has 0 spiro atoms. The van der Waals surface area contributed by atoms with Crippen LogP contribution in [0.5, 0.6) is 0 Å². The maximum Gasteiger partial charge on any atom is 0.251 e. The zero-order valence-corrected chi connectivity index (χ0v) is 17.5. The van der Waals surface area contributed by atoms with E-state index in [0.29, 0.717) is 5.56 Å². The number of rotatable bonds is 10. The highest BCUT2D eigenvalue weighted by atomic mass is 32.2. The molecule has 0 saturated heterocycles. The topological polar surface area (TPSA) is 46.9 Å². The van der Waals surface area contributed by atoms with Crippen molar-refractivity contribution in [2.45, 2.75) is 45.2 Å². The van der Waals surface area contributed by atoms with E-state index in [9.17, 15) is 4.79 Å². The van der Waals surface area contributed by atoms with Crippen LogP contribution in [0.1, 0.15) is 54.8 Å². The lowest BCUT2D eigenvalue weighted by molar-refractivity contribution is 0.0933. The summed E-state index contributed by atoms with van der Waals surface area (Å²) < 4.78 is 2.31. The van der Waals surface area contributed by atoms with Crippen LogP contribution in [-0.2, 0) is 6.54 Å². The number of hydrogen-bond donors (Lipinski definition) is 1. The number of carbonyl (C=O) groups is 1. The third kappa shape index (κ3) is 4.96. The molecule has 0 aliphatic carbocycles. The van der Waals surface area contributed by atoms with Crippen LogP contribution in [0, 0.1) is 0 Å². The summed E-state index contributed by atoms with van der Waals surface area (Å²) in [6, 6.07) is 17.6. The Morgan fingerprint density at radius 1 is 1.11 bits per heavy atom. The number of nitrogens with zero attached hydrogens (tertiary/aromatic N) is 2. The van der Waals surface area contributed by atoms with E-state index in [2.05, 4.69) is 41.3 Å². The van der Waals surface area contributed by atoms with Crippen molar-refractivity contribution < 1.29 is 4.79 Å². The van der Waals surface area contributed by atoms with Crippen LogP contribution in [-0.4, -0.2) is 27.5 Å². The number of amides is 1. The molecule has 0 unspecified atom stereocenters. The van der Waals surface area contributed by atoms with Crippen molar-refractivity contribution >= 4 is 28.7 Å². The smallest absolute Gasteiger partial charge is 0.251 e. The summed E-state index contributed by atoms with van der Waals surface area (Å²) in [4.78, 5) is 17.8. The average molecular weight is 396 g/mol. The van der Waals surface area contributed by atoms with Crippen molar-refractivity contribution in [3.8, 4) is 0 Å². The monoisotopic (exact) mass is 395 g/mol. The molecule has 1 heterocycles. The summed E-state index contributed by atoms with van der Waals surface area (Å²) in [6.07, 6.45) is 6.45. The van der Waals surface area contributed by atoms with E-state index >= 15 is 0 Å². The van der Waals surface area contributed by atoms with Crippen LogP contribution < -0.4 is 5.32 Å². The molecule has 1 aromatic heterocycles. The predicted molar refractivity (Wildman–Crippen MR) is 119 cm³/mol. The van der Waals surface area contributed by atoms with Gasteiger partial charge >= 0.3 is 0 Å². The Balaban J connectivity index is 1.93. The second kappa shape index (κ2) is 10.3. The van der Waals surface area contributed by atoms with Crippen LogP contribution in [0.15, 0.2) is 54.6 Å². The zero-order valence-electron chi connectivity index (χ0n) is 16.7. The van der Waals surface area contributed by atoms with Gasteiger partial charge in [0.05, 0.1) is 17.1 Å².